The molecule has 2 aromatic rings. The maximum absolute atomic E-state index is 12.2. The highest BCUT2D eigenvalue weighted by Gasteiger charge is 2.24. The number of hydrogen-bond acceptors (Lipinski definition) is 4. The van der Waals surface area contributed by atoms with Gasteiger partial charge in [0.25, 0.3) is 0 Å². The summed E-state index contributed by atoms with van der Waals surface area (Å²) in [6.07, 6.45) is 21.2. The lowest BCUT2D eigenvalue weighted by molar-refractivity contribution is 0.211. The maximum Gasteiger partial charge on any atom is 0.397 e. The predicted molar refractivity (Wildman–Crippen MR) is 128 cm³/mol. The largest absolute Gasteiger partial charge is 0.450 e. The van der Waals surface area contributed by atoms with Gasteiger partial charge in [0.1, 0.15) is 0 Å². The van der Waals surface area contributed by atoms with Gasteiger partial charge in [0, 0.05) is 0 Å². The second-order valence-electron chi connectivity index (χ2n) is 9.26. The fraction of sp³-hybridized carbons (Fsp3) is 0.704. The molecule has 0 aliphatic heterocycles. The normalized spacial score (nSPS) is 13.7. The summed E-state index contributed by atoms with van der Waals surface area (Å²) >= 11 is 0. The standard InChI is InChI=1S/C27H41NO3/c1-2-3-4-5-6-7-8-9-10-11-12-13-14-15-20-30-27-28-25-21-23(22-16-17-22)18-19-24(25)26(29)31-27/h18-19,21-22H,2-17,20H2,1H3. The molecule has 0 radical (unpaired) electrons. The Kier molecular flexibility index (Phi) is 10.4. The lowest BCUT2D eigenvalue weighted by Crippen LogP contribution is -2.06. The van der Waals surface area contributed by atoms with Crippen LogP contribution in [0.1, 0.15) is 121 Å². The molecule has 1 aromatic heterocycles. The first-order valence-electron chi connectivity index (χ1n) is 12.9. The summed E-state index contributed by atoms with van der Waals surface area (Å²) < 4.78 is 10.9. The minimum atomic E-state index is -0.358. The second-order valence-corrected chi connectivity index (χ2v) is 9.26. The van der Waals surface area contributed by atoms with Crippen LogP contribution in [0.15, 0.2) is 27.4 Å². The quantitative estimate of drug-likeness (QED) is 0.241. The van der Waals surface area contributed by atoms with Gasteiger partial charge in [0.05, 0.1) is 17.5 Å². The van der Waals surface area contributed by atoms with E-state index < -0.39 is 0 Å². The van der Waals surface area contributed by atoms with Gasteiger partial charge in [0.15, 0.2) is 0 Å². The topological polar surface area (TPSA) is 52.3 Å². The molecule has 4 nitrogen and oxygen atoms in total. The average Bonchev–Trinajstić information content (AvgIpc) is 3.61. The number of fused-ring (bicyclic) bond motifs is 1. The molecule has 1 aromatic carbocycles. The van der Waals surface area contributed by atoms with Crippen molar-refractivity contribution in [1.82, 2.24) is 4.98 Å². The lowest BCUT2D eigenvalue weighted by atomic mass is 10.0. The molecule has 1 saturated carbocycles. The minimum Gasteiger partial charge on any atom is -0.450 e. The molecule has 1 heterocycles. The Labute approximate surface area is 187 Å². The van der Waals surface area contributed by atoms with E-state index in [2.05, 4.69) is 11.9 Å². The van der Waals surface area contributed by atoms with Crippen LogP contribution in [-0.2, 0) is 0 Å². The summed E-state index contributed by atoms with van der Waals surface area (Å²) in [4.78, 5) is 16.6. The van der Waals surface area contributed by atoms with Crippen molar-refractivity contribution in [1.29, 1.82) is 0 Å². The van der Waals surface area contributed by atoms with E-state index in [1.165, 1.54) is 95.5 Å². The van der Waals surface area contributed by atoms with Crippen LogP contribution in [0.5, 0.6) is 6.08 Å². The van der Waals surface area contributed by atoms with Crippen LogP contribution in [0, 0.1) is 0 Å². The molecule has 0 amide bonds. The molecule has 0 bridgehead atoms. The van der Waals surface area contributed by atoms with Gasteiger partial charge in [-0.05, 0) is 42.9 Å². The number of rotatable bonds is 17. The van der Waals surface area contributed by atoms with Gasteiger partial charge >= 0.3 is 11.7 Å². The molecule has 0 N–H and O–H groups in total. The van der Waals surface area contributed by atoms with Crippen molar-refractivity contribution in [2.45, 2.75) is 116 Å². The molecule has 31 heavy (non-hydrogen) atoms. The minimum absolute atomic E-state index is 0.111. The first-order valence-corrected chi connectivity index (χ1v) is 12.9. The van der Waals surface area contributed by atoms with Crippen LogP contribution >= 0.6 is 0 Å². The van der Waals surface area contributed by atoms with E-state index in [1.807, 2.05) is 18.2 Å². The van der Waals surface area contributed by atoms with Gasteiger partial charge < -0.3 is 9.15 Å². The van der Waals surface area contributed by atoms with Gasteiger partial charge in [-0.2, -0.15) is 4.98 Å². The van der Waals surface area contributed by atoms with Crippen molar-refractivity contribution in [3.63, 3.8) is 0 Å². The molecule has 0 spiro atoms. The summed E-state index contributed by atoms with van der Waals surface area (Å²) in [5.74, 6) is 0.637. The van der Waals surface area contributed by atoms with Gasteiger partial charge in [-0.15, -0.1) is 0 Å². The monoisotopic (exact) mass is 427 g/mol. The van der Waals surface area contributed by atoms with E-state index in [4.69, 9.17) is 9.15 Å². The van der Waals surface area contributed by atoms with Crippen molar-refractivity contribution < 1.29 is 9.15 Å². The van der Waals surface area contributed by atoms with E-state index in [1.54, 1.807) is 0 Å². The Bertz CT molecular complexity index is 825. The average molecular weight is 428 g/mol. The Morgan fingerprint density at radius 2 is 1.45 bits per heavy atom. The number of unbranched alkanes of at least 4 members (excludes halogenated alkanes) is 13. The molecule has 3 rings (SSSR count). The third-order valence-electron chi connectivity index (χ3n) is 6.41. The van der Waals surface area contributed by atoms with Crippen LogP contribution in [-0.4, -0.2) is 11.6 Å². The van der Waals surface area contributed by atoms with Gasteiger partial charge in [-0.25, -0.2) is 4.79 Å². The predicted octanol–water partition coefficient (Wildman–Crippen LogP) is 7.93. The zero-order valence-corrected chi connectivity index (χ0v) is 19.5. The summed E-state index contributed by atoms with van der Waals surface area (Å²) in [7, 11) is 0. The van der Waals surface area contributed by atoms with Gasteiger partial charge in [-0.1, -0.05) is 96.5 Å². The van der Waals surface area contributed by atoms with Crippen LogP contribution < -0.4 is 10.4 Å². The smallest absolute Gasteiger partial charge is 0.397 e. The molecule has 172 valence electrons. The van der Waals surface area contributed by atoms with Gasteiger partial charge in [0.2, 0.25) is 0 Å². The Morgan fingerprint density at radius 3 is 2.03 bits per heavy atom. The summed E-state index contributed by atoms with van der Waals surface area (Å²) in [5, 5.41) is 0.535. The van der Waals surface area contributed by atoms with Crippen molar-refractivity contribution in [2.24, 2.45) is 0 Å². The Morgan fingerprint density at radius 1 is 0.871 bits per heavy atom. The number of benzene rings is 1. The fourth-order valence-corrected chi connectivity index (χ4v) is 4.26. The summed E-state index contributed by atoms with van der Waals surface area (Å²) in [6, 6.07) is 5.87. The first kappa shape index (κ1) is 23.8. The molecular weight excluding hydrogens is 386 g/mol. The van der Waals surface area contributed by atoms with E-state index in [0.717, 1.165) is 12.8 Å². The second kappa shape index (κ2) is 13.5. The molecular formula is C27H41NO3. The molecule has 1 aliphatic carbocycles. The van der Waals surface area contributed by atoms with Crippen molar-refractivity contribution >= 4 is 10.9 Å². The molecule has 0 saturated heterocycles. The number of hydrogen-bond donors (Lipinski definition) is 0. The molecule has 1 aliphatic rings. The van der Waals surface area contributed by atoms with Crippen molar-refractivity contribution in [3.8, 4) is 6.08 Å². The number of nitrogens with zero attached hydrogens (tertiary/aromatic N) is 1. The third-order valence-corrected chi connectivity index (χ3v) is 6.41. The highest BCUT2D eigenvalue weighted by Crippen LogP contribution is 2.40. The maximum atomic E-state index is 12.2. The van der Waals surface area contributed by atoms with Crippen LogP contribution in [0.25, 0.3) is 10.9 Å². The van der Waals surface area contributed by atoms with Crippen LogP contribution in [0.3, 0.4) is 0 Å². The van der Waals surface area contributed by atoms with Crippen LogP contribution in [0.4, 0.5) is 0 Å². The SMILES string of the molecule is CCCCCCCCCCCCCCCCOc1nc2cc(C3CC3)ccc2c(=O)o1. The lowest BCUT2D eigenvalue weighted by Gasteiger charge is -2.06. The van der Waals surface area contributed by atoms with E-state index in [9.17, 15) is 4.79 Å². The highest BCUT2D eigenvalue weighted by molar-refractivity contribution is 5.78. The van der Waals surface area contributed by atoms with Crippen molar-refractivity contribution in [2.75, 3.05) is 6.61 Å². The van der Waals surface area contributed by atoms with Crippen molar-refractivity contribution in [3.05, 3.63) is 34.2 Å². The first-order chi connectivity index (χ1) is 15.3. The molecule has 0 unspecified atom stereocenters. The fourth-order valence-electron chi connectivity index (χ4n) is 4.26. The Hall–Kier alpha value is -1.84. The Balaban J connectivity index is 1.21. The zero-order chi connectivity index (χ0) is 21.7. The van der Waals surface area contributed by atoms with E-state index in [0.29, 0.717) is 23.4 Å². The molecule has 0 atom stereocenters. The number of ether oxygens (including phenoxy) is 1. The van der Waals surface area contributed by atoms with Gasteiger partial charge in [-0.3, -0.25) is 0 Å². The number of aromatic nitrogens is 1. The molecule has 1 fully saturated rings. The third kappa shape index (κ3) is 8.66. The van der Waals surface area contributed by atoms with E-state index >= 15 is 0 Å². The summed E-state index contributed by atoms with van der Waals surface area (Å²) in [6.45, 7) is 2.83. The van der Waals surface area contributed by atoms with Crippen LogP contribution in [0.2, 0.25) is 0 Å². The summed E-state index contributed by atoms with van der Waals surface area (Å²) in [5.41, 5.74) is 1.60. The highest BCUT2D eigenvalue weighted by atomic mass is 16.6. The zero-order valence-electron chi connectivity index (χ0n) is 19.5. The van der Waals surface area contributed by atoms with E-state index in [-0.39, 0.29) is 11.7 Å². The molecule has 4 heteroatoms.